The lowest BCUT2D eigenvalue weighted by molar-refractivity contribution is 0.111. The van der Waals surface area contributed by atoms with E-state index < -0.39 is 0 Å². The molecule has 0 radical (unpaired) electrons. The maximum Gasteiger partial charge on any atom is 0.0471 e. The molecule has 1 aromatic carbocycles. The minimum atomic E-state index is 0.766. The summed E-state index contributed by atoms with van der Waals surface area (Å²) in [7, 11) is 0. The first kappa shape index (κ1) is 11.3. The number of rotatable bonds is 4. The van der Waals surface area contributed by atoms with Gasteiger partial charge in [-0.1, -0.05) is 23.8 Å². The van der Waals surface area contributed by atoms with Crippen molar-refractivity contribution in [2.75, 3.05) is 13.2 Å². The summed E-state index contributed by atoms with van der Waals surface area (Å²) in [5, 5.41) is 0. The molecule has 1 heteroatoms. The minimum Gasteiger partial charge on any atom is -0.382 e. The number of aryl methyl sites for hydroxylation is 1. The Morgan fingerprint density at radius 3 is 2.82 bits per heavy atom. The van der Waals surface area contributed by atoms with Gasteiger partial charge in [-0.2, -0.15) is 0 Å². The molecule has 1 atom stereocenters. The van der Waals surface area contributed by atoms with E-state index in [9.17, 15) is 0 Å². The summed E-state index contributed by atoms with van der Waals surface area (Å²) in [5.41, 5.74) is 4.69. The lowest BCUT2D eigenvalue weighted by atomic mass is 9.57. The Morgan fingerprint density at radius 2 is 2.06 bits per heavy atom. The van der Waals surface area contributed by atoms with Crippen LogP contribution in [0.15, 0.2) is 18.2 Å². The van der Waals surface area contributed by atoms with Crippen LogP contribution >= 0.6 is 0 Å². The van der Waals surface area contributed by atoms with Crippen LogP contribution in [-0.2, 0) is 4.74 Å². The fourth-order valence-electron chi connectivity index (χ4n) is 3.63. The van der Waals surface area contributed by atoms with Crippen molar-refractivity contribution >= 4 is 0 Å². The van der Waals surface area contributed by atoms with E-state index in [4.69, 9.17) is 4.74 Å². The van der Waals surface area contributed by atoms with Gasteiger partial charge in [-0.05, 0) is 62.0 Å². The Bertz CT molecular complexity index is 404. The van der Waals surface area contributed by atoms with Crippen LogP contribution in [0.2, 0.25) is 0 Å². The fourth-order valence-corrected chi connectivity index (χ4v) is 3.63. The zero-order valence-electron chi connectivity index (χ0n) is 10.9. The van der Waals surface area contributed by atoms with E-state index in [1.807, 2.05) is 0 Å². The first-order valence-corrected chi connectivity index (χ1v) is 6.97. The molecule has 1 saturated carbocycles. The van der Waals surface area contributed by atoms with Crippen molar-refractivity contribution in [3.05, 3.63) is 34.9 Å². The molecule has 2 bridgehead atoms. The zero-order chi connectivity index (χ0) is 11.8. The summed E-state index contributed by atoms with van der Waals surface area (Å²) in [5.74, 6) is 2.58. The molecule has 92 valence electrons. The van der Waals surface area contributed by atoms with E-state index >= 15 is 0 Å². The molecule has 0 aliphatic heterocycles. The Balaban J connectivity index is 1.82. The molecule has 1 nitrogen and oxygen atoms in total. The predicted molar refractivity (Wildman–Crippen MR) is 70.5 cm³/mol. The number of hydrogen-bond acceptors (Lipinski definition) is 1. The molecule has 1 fully saturated rings. The van der Waals surface area contributed by atoms with Gasteiger partial charge in [0.2, 0.25) is 0 Å². The Labute approximate surface area is 104 Å². The Hall–Kier alpha value is -0.820. The highest BCUT2D eigenvalue weighted by Crippen LogP contribution is 2.56. The van der Waals surface area contributed by atoms with E-state index in [1.165, 1.54) is 24.8 Å². The quantitative estimate of drug-likeness (QED) is 0.710. The van der Waals surface area contributed by atoms with Gasteiger partial charge >= 0.3 is 0 Å². The summed E-state index contributed by atoms with van der Waals surface area (Å²) in [4.78, 5) is 0. The van der Waals surface area contributed by atoms with Crippen LogP contribution < -0.4 is 0 Å². The average molecular weight is 230 g/mol. The molecule has 0 saturated heterocycles. The molecule has 1 aromatic rings. The van der Waals surface area contributed by atoms with Gasteiger partial charge in [-0.3, -0.25) is 0 Å². The van der Waals surface area contributed by atoms with Gasteiger partial charge in [-0.15, -0.1) is 0 Å². The lowest BCUT2D eigenvalue weighted by Gasteiger charge is -2.48. The highest BCUT2D eigenvalue weighted by molar-refractivity contribution is 5.42. The van der Waals surface area contributed by atoms with E-state index in [-0.39, 0.29) is 0 Å². The van der Waals surface area contributed by atoms with Crippen LogP contribution in [0.3, 0.4) is 0 Å². The van der Waals surface area contributed by atoms with Gasteiger partial charge in [-0.25, -0.2) is 0 Å². The molecule has 0 amide bonds. The molecule has 0 N–H and O–H groups in total. The maximum atomic E-state index is 5.54. The summed E-state index contributed by atoms with van der Waals surface area (Å²) in [6, 6.07) is 7.07. The van der Waals surface area contributed by atoms with Gasteiger partial charge in [0, 0.05) is 13.2 Å². The smallest absolute Gasteiger partial charge is 0.0471 e. The van der Waals surface area contributed by atoms with Gasteiger partial charge in [0.05, 0.1) is 0 Å². The minimum absolute atomic E-state index is 0.766. The van der Waals surface area contributed by atoms with Crippen LogP contribution in [0.4, 0.5) is 0 Å². The number of benzene rings is 1. The van der Waals surface area contributed by atoms with Gasteiger partial charge in [0.25, 0.3) is 0 Å². The van der Waals surface area contributed by atoms with Crippen molar-refractivity contribution in [2.45, 2.75) is 44.9 Å². The van der Waals surface area contributed by atoms with Gasteiger partial charge in [0.15, 0.2) is 0 Å². The summed E-state index contributed by atoms with van der Waals surface area (Å²) < 4.78 is 5.54. The van der Waals surface area contributed by atoms with Crippen molar-refractivity contribution in [1.82, 2.24) is 0 Å². The fraction of sp³-hybridized carbons (Fsp3) is 0.625. The van der Waals surface area contributed by atoms with Gasteiger partial charge in [0.1, 0.15) is 0 Å². The third-order valence-electron chi connectivity index (χ3n) is 4.60. The summed E-state index contributed by atoms with van der Waals surface area (Å²) >= 11 is 0. The van der Waals surface area contributed by atoms with Crippen LogP contribution in [0.5, 0.6) is 0 Å². The summed E-state index contributed by atoms with van der Waals surface area (Å²) in [6.45, 7) is 6.06. The molecule has 17 heavy (non-hydrogen) atoms. The highest BCUT2D eigenvalue weighted by Gasteiger charge is 2.43. The molecular formula is C16H22O. The Morgan fingerprint density at radius 1 is 1.24 bits per heavy atom. The lowest BCUT2D eigenvalue weighted by Crippen LogP contribution is -2.35. The van der Waals surface area contributed by atoms with Crippen LogP contribution in [0.1, 0.15) is 54.7 Å². The molecule has 0 spiro atoms. The van der Waals surface area contributed by atoms with Crippen molar-refractivity contribution < 1.29 is 4.74 Å². The van der Waals surface area contributed by atoms with Crippen LogP contribution in [-0.4, -0.2) is 13.2 Å². The van der Waals surface area contributed by atoms with E-state index in [0.717, 1.165) is 31.0 Å². The normalized spacial score (nSPS) is 29.6. The van der Waals surface area contributed by atoms with E-state index in [2.05, 4.69) is 32.0 Å². The zero-order valence-corrected chi connectivity index (χ0v) is 10.9. The van der Waals surface area contributed by atoms with Crippen molar-refractivity contribution in [1.29, 1.82) is 0 Å². The monoisotopic (exact) mass is 230 g/mol. The third kappa shape index (κ3) is 1.91. The molecule has 3 aliphatic carbocycles. The first-order chi connectivity index (χ1) is 8.29. The number of hydrogen-bond donors (Lipinski definition) is 0. The molecule has 4 rings (SSSR count). The van der Waals surface area contributed by atoms with E-state index in [0.29, 0.717) is 0 Å². The third-order valence-corrected chi connectivity index (χ3v) is 4.60. The molecule has 1 unspecified atom stereocenters. The van der Waals surface area contributed by atoms with Crippen molar-refractivity contribution in [2.24, 2.45) is 5.92 Å². The topological polar surface area (TPSA) is 9.23 Å². The van der Waals surface area contributed by atoms with Gasteiger partial charge < -0.3 is 4.74 Å². The number of ether oxygens (including phenoxy) is 1. The van der Waals surface area contributed by atoms with Crippen LogP contribution in [0.25, 0.3) is 0 Å². The first-order valence-electron chi connectivity index (χ1n) is 6.97. The van der Waals surface area contributed by atoms with Crippen LogP contribution in [0, 0.1) is 12.8 Å². The maximum absolute atomic E-state index is 5.54. The van der Waals surface area contributed by atoms with Crippen molar-refractivity contribution in [3.8, 4) is 0 Å². The second-order valence-electron chi connectivity index (χ2n) is 5.65. The van der Waals surface area contributed by atoms with E-state index in [1.54, 1.807) is 11.1 Å². The second-order valence-corrected chi connectivity index (χ2v) is 5.65. The second kappa shape index (κ2) is 4.45. The molecule has 3 aliphatic rings. The predicted octanol–water partition coefficient (Wildman–Crippen LogP) is 4.01. The molecule has 0 aromatic heterocycles. The largest absolute Gasteiger partial charge is 0.382 e. The Kier molecular flexibility index (Phi) is 2.96. The standard InChI is InChI=1S/C16H22O/c1-3-17-7-6-14-12-9-13(10-12)16-8-11(2)4-5-15(14)16/h4-5,8,12-14H,3,6-7,9-10H2,1-2H3. The molecule has 0 heterocycles. The average Bonchev–Trinajstić information content (AvgIpc) is 2.27. The summed E-state index contributed by atoms with van der Waals surface area (Å²) in [6.07, 6.45) is 4.06. The van der Waals surface area contributed by atoms with Crippen molar-refractivity contribution in [3.63, 3.8) is 0 Å². The highest BCUT2D eigenvalue weighted by atomic mass is 16.5. The molecular weight excluding hydrogens is 208 g/mol. The SMILES string of the molecule is CCOCCC1c2ccc(C)cc2C2CC1C2.